The molecule has 0 aromatic rings. The monoisotopic (exact) mass is 1310 g/mol. The van der Waals surface area contributed by atoms with Crippen LogP contribution < -0.4 is 21.3 Å². The van der Waals surface area contributed by atoms with E-state index in [-0.39, 0.29) is 144 Å². The van der Waals surface area contributed by atoms with Gasteiger partial charge in [0.25, 0.3) is 0 Å². The topological polar surface area (TPSA) is 307 Å². The standard InChI is InChI=1S/C65H118N8O19/c1-56(2,3)86-49(76)26-35-83-44-65(45-84-36-27-50(77)87-57(4,5)6,46-85-37-28-51(78)88-58(7,8)9)69-48(75)25-23-24-47(74)68-64-39-67-30-29-66-38-63(22,40-70(52(79)89-59(10,11)12)31-33-72(42-64)54(81)91-61(16,17)18)41-71(53(80)90-60(13,14)15)32-34-73(43-64)55(82)92-62(19,20)21/h66-67H,23-46H2,1-22H3,(H,68,74)(H,69,75). The minimum Gasteiger partial charge on any atom is -0.460 e. The number of esters is 3. The Bertz CT molecular complexity index is 2240. The largest absolute Gasteiger partial charge is 0.460 e. The maximum absolute atomic E-state index is 14.9. The van der Waals surface area contributed by atoms with Crippen LogP contribution in [0, 0.1) is 5.41 Å². The van der Waals surface area contributed by atoms with Gasteiger partial charge in [0.2, 0.25) is 11.8 Å². The van der Waals surface area contributed by atoms with Gasteiger partial charge < -0.3 is 88.2 Å². The van der Waals surface area contributed by atoms with Crippen molar-refractivity contribution < 1.29 is 90.5 Å². The fraction of sp³-hybridized carbons (Fsp3) is 0.862. The number of rotatable bonds is 21. The SMILES string of the molecule is CC12CNCCNCC(NC(=O)CCCC(=O)NC(COCCC(=O)OC(C)(C)C)(COCCC(=O)OC(C)(C)C)COCCC(=O)OC(C)(C)C)(CN(C(=O)OC(C)(C)C)CCN(C(=O)OC(C)(C)C)C1)CN(C(=O)OC(C)(C)C)CCN(C(=O)OC(C)(C)C)C2. The summed E-state index contributed by atoms with van der Waals surface area (Å²) < 4.78 is 58.6. The van der Waals surface area contributed by atoms with Crippen LogP contribution in [0.1, 0.15) is 191 Å². The minimum atomic E-state index is -1.59. The van der Waals surface area contributed by atoms with Crippen molar-refractivity contribution in [3.8, 4) is 0 Å². The Labute approximate surface area is 548 Å². The molecule has 532 valence electrons. The molecule has 3 rings (SSSR count). The molecule has 3 saturated heterocycles. The summed E-state index contributed by atoms with van der Waals surface area (Å²) in [6.07, 6.45) is -3.89. The fourth-order valence-electron chi connectivity index (χ4n) is 9.53. The van der Waals surface area contributed by atoms with Crippen molar-refractivity contribution in [3.05, 3.63) is 0 Å². The number of ether oxygens (including phenoxy) is 10. The van der Waals surface area contributed by atoms with Crippen LogP contribution >= 0.6 is 0 Å². The lowest BCUT2D eigenvalue weighted by molar-refractivity contribution is -0.157. The van der Waals surface area contributed by atoms with E-state index in [9.17, 15) is 43.2 Å². The van der Waals surface area contributed by atoms with E-state index in [0.29, 0.717) is 13.1 Å². The first-order chi connectivity index (χ1) is 41.9. The molecule has 0 aromatic carbocycles. The van der Waals surface area contributed by atoms with Gasteiger partial charge in [-0.25, -0.2) is 19.2 Å². The van der Waals surface area contributed by atoms with Gasteiger partial charge in [-0.1, -0.05) is 6.92 Å². The number of hydrogen-bond donors (Lipinski definition) is 4. The van der Waals surface area contributed by atoms with Gasteiger partial charge in [-0.3, -0.25) is 24.0 Å². The smallest absolute Gasteiger partial charge is 0.410 e. The molecule has 0 spiro atoms. The van der Waals surface area contributed by atoms with Crippen molar-refractivity contribution in [2.24, 2.45) is 5.41 Å². The first-order valence-electron chi connectivity index (χ1n) is 32.2. The molecular weight excluding hydrogens is 1200 g/mol. The molecule has 3 aliphatic heterocycles. The molecular formula is C65H118N8O19. The van der Waals surface area contributed by atoms with E-state index in [2.05, 4.69) is 21.3 Å². The molecule has 2 bridgehead atoms. The maximum Gasteiger partial charge on any atom is 0.410 e. The van der Waals surface area contributed by atoms with Gasteiger partial charge in [0, 0.05) is 83.7 Å². The lowest BCUT2D eigenvalue weighted by Crippen LogP contribution is -2.68. The second-order valence-electron chi connectivity index (χ2n) is 31.4. The number of carbonyl (C=O) groups excluding carboxylic acids is 9. The van der Waals surface area contributed by atoms with Gasteiger partial charge in [0.15, 0.2) is 0 Å². The van der Waals surface area contributed by atoms with Crippen LogP contribution in [0.3, 0.4) is 0 Å². The summed E-state index contributed by atoms with van der Waals surface area (Å²) in [7, 11) is 0. The lowest BCUT2D eigenvalue weighted by Gasteiger charge is -2.45. The molecule has 6 amide bonds. The molecule has 0 radical (unpaired) electrons. The van der Waals surface area contributed by atoms with Gasteiger partial charge in [-0.05, 0) is 152 Å². The number of carbonyl (C=O) groups is 9. The van der Waals surface area contributed by atoms with Crippen molar-refractivity contribution in [1.29, 1.82) is 0 Å². The van der Waals surface area contributed by atoms with Gasteiger partial charge in [0.05, 0.1) is 77.5 Å². The van der Waals surface area contributed by atoms with Gasteiger partial charge in [-0.2, -0.15) is 0 Å². The van der Waals surface area contributed by atoms with Crippen LogP contribution in [0.25, 0.3) is 0 Å². The molecule has 4 N–H and O–H groups in total. The predicted octanol–water partition coefficient (Wildman–Crippen LogP) is 7.27. The molecule has 0 saturated carbocycles. The molecule has 27 heteroatoms. The van der Waals surface area contributed by atoms with Crippen molar-refractivity contribution in [2.45, 2.75) is 241 Å². The first-order valence-corrected chi connectivity index (χ1v) is 32.2. The maximum atomic E-state index is 14.9. The second-order valence-corrected chi connectivity index (χ2v) is 31.4. The van der Waals surface area contributed by atoms with E-state index in [4.69, 9.17) is 47.4 Å². The highest BCUT2D eigenvalue weighted by molar-refractivity contribution is 5.80. The zero-order valence-electron chi connectivity index (χ0n) is 60.0. The average molecular weight is 1320 g/mol. The first kappa shape index (κ1) is 82.3. The molecule has 3 fully saturated rings. The summed E-state index contributed by atoms with van der Waals surface area (Å²) in [6, 6.07) is 0. The van der Waals surface area contributed by atoms with Crippen molar-refractivity contribution in [2.75, 3.05) is 118 Å². The molecule has 92 heavy (non-hydrogen) atoms. The normalized spacial score (nSPS) is 19.0. The Balaban J connectivity index is 2.83. The molecule has 0 unspecified atom stereocenters. The molecule has 0 aliphatic carbocycles. The third-order valence-electron chi connectivity index (χ3n) is 12.9. The third kappa shape index (κ3) is 36.6. The minimum absolute atomic E-state index is 0.0273. The summed E-state index contributed by atoms with van der Waals surface area (Å²) in [5.74, 6) is -2.72. The fourth-order valence-corrected chi connectivity index (χ4v) is 9.53. The summed E-state index contributed by atoms with van der Waals surface area (Å²) >= 11 is 0. The van der Waals surface area contributed by atoms with Crippen LogP contribution in [0.2, 0.25) is 0 Å². The molecule has 3 heterocycles. The number of hydrogen-bond acceptors (Lipinski definition) is 21. The molecule has 3 aliphatic rings. The highest BCUT2D eigenvalue weighted by Crippen LogP contribution is 2.27. The molecule has 0 aromatic heterocycles. The summed E-state index contributed by atoms with van der Waals surface area (Å²) in [5, 5.41) is 13.1. The molecule has 27 nitrogen and oxygen atoms in total. The summed E-state index contributed by atoms with van der Waals surface area (Å²) in [4.78, 5) is 132. The Hall–Kier alpha value is -5.77. The zero-order valence-corrected chi connectivity index (χ0v) is 60.0. The van der Waals surface area contributed by atoms with Gasteiger partial charge in [0.1, 0.15) is 44.7 Å². The van der Waals surface area contributed by atoms with Crippen LogP contribution in [0.4, 0.5) is 19.2 Å². The Morgan fingerprint density at radius 2 is 0.663 bits per heavy atom. The van der Waals surface area contributed by atoms with Crippen molar-refractivity contribution in [3.63, 3.8) is 0 Å². The van der Waals surface area contributed by atoms with Crippen LogP contribution in [0.15, 0.2) is 0 Å². The van der Waals surface area contributed by atoms with Crippen LogP contribution in [-0.4, -0.2) is 242 Å². The van der Waals surface area contributed by atoms with E-state index in [1.807, 2.05) is 6.92 Å². The summed E-state index contributed by atoms with van der Waals surface area (Å²) in [5.41, 5.74) is -10.1. The van der Waals surface area contributed by atoms with Crippen molar-refractivity contribution in [1.82, 2.24) is 40.9 Å². The number of nitrogens with one attached hydrogen (secondary N) is 4. The van der Waals surface area contributed by atoms with Crippen LogP contribution in [0.5, 0.6) is 0 Å². The van der Waals surface area contributed by atoms with E-state index >= 15 is 0 Å². The Morgan fingerprint density at radius 3 is 0.967 bits per heavy atom. The number of nitrogens with zero attached hydrogens (tertiary/aromatic N) is 4. The quantitative estimate of drug-likeness (QED) is 0.0498. The zero-order chi connectivity index (χ0) is 70.4. The second kappa shape index (κ2) is 35.1. The van der Waals surface area contributed by atoms with E-state index in [0.717, 1.165) is 0 Å². The average Bonchev–Trinajstić information content (AvgIpc) is 0.819. The third-order valence-corrected chi connectivity index (χ3v) is 12.9. The Morgan fingerprint density at radius 1 is 0.380 bits per heavy atom. The highest BCUT2D eigenvalue weighted by atomic mass is 16.6. The lowest BCUT2D eigenvalue weighted by atomic mass is 9.88. The van der Waals surface area contributed by atoms with E-state index < -0.39 is 110 Å². The number of fused-ring (bicyclic) bond motifs is 15. The van der Waals surface area contributed by atoms with Gasteiger partial charge in [-0.15, -0.1) is 0 Å². The molecule has 0 atom stereocenters. The highest BCUT2D eigenvalue weighted by Gasteiger charge is 2.44. The summed E-state index contributed by atoms with van der Waals surface area (Å²) in [6.45, 7) is 36.9. The predicted molar refractivity (Wildman–Crippen MR) is 345 cm³/mol. The van der Waals surface area contributed by atoms with Crippen LogP contribution in [-0.2, 0) is 71.3 Å². The van der Waals surface area contributed by atoms with E-state index in [1.165, 1.54) is 19.6 Å². The van der Waals surface area contributed by atoms with E-state index in [1.54, 1.807) is 145 Å². The van der Waals surface area contributed by atoms with Crippen molar-refractivity contribution >= 4 is 54.1 Å². The Kier molecular flexibility index (Phi) is 31.4. The van der Waals surface area contributed by atoms with Gasteiger partial charge >= 0.3 is 42.3 Å². The number of amides is 6.